The maximum Gasteiger partial charge on any atom is 0.254 e. The van der Waals surface area contributed by atoms with Gasteiger partial charge in [0.1, 0.15) is 6.26 Å². The van der Waals surface area contributed by atoms with Gasteiger partial charge in [-0.1, -0.05) is 0 Å². The van der Waals surface area contributed by atoms with E-state index >= 15 is 0 Å². The van der Waals surface area contributed by atoms with Gasteiger partial charge in [-0.3, -0.25) is 9.69 Å². The second-order valence-electron chi connectivity index (χ2n) is 7.71. The molecule has 6 nitrogen and oxygen atoms in total. The van der Waals surface area contributed by atoms with Crippen molar-refractivity contribution in [2.45, 2.75) is 57.7 Å². The molecular formula is C20H33N3O3. The van der Waals surface area contributed by atoms with Crippen molar-refractivity contribution < 1.29 is 13.9 Å². The second kappa shape index (κ2) is 9.53. The topological polar surface area (TPSA) is 58.0 Å². The molecule has 2 aliphatic rings. The molecule has 146 valence electrons. The monoisotopic (exact) mass is 363 g/mol. The Labute approximate surface area is 156 Å². The van der Waals surface area contributed by atoms with Crippen LogP contribution in [0.4, 0.5) is 0 Å². The number of carbonyl (C=O) groups is 1. The predicted octanol–water partition coefficient (Wildman–Crippen LogP) is 2.36. The predicted molar refractivity (Wildman–Crippen MR) is 101 cm³/mol. The van der Waals surface area contributed by atoms with Crippen molar-refractivity contribution in [1.29, 1.82) is 0 Å². The van der Waals surface area contributed by atoms with E-state index in [1.54, 1.807) is 6.07 Å². The standard InChI is InChI=1S/C20H33N3O3/c1-16(2)22-9-3-18(4-10-22)23(19-6-13-25-14-7-19)11-8-21-20(24)17-5-12-26-15-17/h5,12,15-16,18-19H,3-4,6-11,13-14H2,1-2H3,(H,21,24). The lowest BCUT2D eigenvalue weighted by atomic mass is 9.97. The van der Waals surface area contributed by atoms with Crippen LogP contribution in [-0.4, -0.2) is 73.2 Å². The summed E-state index contributed by atoms with van der Waals surface area (Å²) in [6.07, 6.45) is 7.65. The van der Waals surface area contributed by atoms with Crippen molar-refractivity contribution in [3.05, 3.63) is 24.2 Å². The molecule has 0 aliphatic carbocycles. The summed E-state index contributed by atoms with van der Waals surface area (Å²) in [6, 6.07) is 3.51. The van der Waals surface area contributed by atoms with Gasteiger partial charge in [0, 0.05) is 44.4 Å². The third-order valence-corrected chi connectivity index (χ3v) is 5.80. The summed E-state index contributed by atoms with van der Waals surface area (Å²) in [4.78, 5) is 17.4. The Bertz CT molecular complexity index is 533. The smallest absolute Gasteiger partial charge is 0.254 e. The molecular weight excluding hydrogens is 330 g/mol. The van der Waals surface area contributed by atoms with E-state index in [0.717, 1.165) is 32.6 Å². The molecule has 0 saturated carbocycles. The van der Waals surface area contributed by atoms with Crippen molar-refractivity contribution in [3.8, 4) is 0 Å². The first-order valence-corrected chi connectivity index (χ1v) is 10.0. The molecule has 1 aromatic rings. The summed E-state index contributed by atoms with van der Waals surface area (Å²) >= 11 is 0. The number of likely N-dealkylation sites (tertiary alicyclic amines) is 1. The largest absolute Gasteiger partial charge is 0.472 e. The van der Waals surface area contributed by atoms with Crippen LogP contribution < -0.4 is 5.32 Å². The molecule has 0 radical (unpaired) electrons. The van der Waals surface area contributed by atoms with E-state index in [-0.39, 0.29) is 5.91 Å². The van der Waals surface area contributed by atoms with E-state index in [1.165, 1.54) is 38.5 Å². The molecule has 1 aromatic heterocycles. The Hall–Kier alpha value is -1.37. The van der Waals surface area contributed by atoms with E-state index in [2.05, 4.69) is 29.0 Å². The van der Waals surface area contributed by atoms with Gasteiger partial charge in [0.15, 0.2) is 0 Å². The Morgan fingerprint density at radius 3 is 2.54 bits per heavy atom. The third-order valence-electron chi connectivity index (χ3n) is 5.80. The van der Waals surface area contributed by atoms with E-state index < -0.39 is 0 Å². The maximum atomic E-state index is 12.1. The first-order valence-electron chi connectivity index (χ1n) is 10.0. The van der Waals surface area contributed by atoms with Crippen molar-refractivity contribution in [1.82, 2.24) is 15.1 Å². The number of piperidine rings is 1. The number of rotatable bonds is 7. The van der Waals surface area contributed by atoms with E-state index in [1.807, 2.05) is 0 Å². The van der Waals surface area contributed by atoms with Gasteiger partial charge in [-0.2, -0.15) is 0 Å². The quantitative estimate of drug-likeness (QED) is 0.806. The summed E-state index contributed by atoms with van der Waals surface area (Å²) in [5.74, 6) is -0.0553. The molecule has 26 heavy (non-hydrogen) atoms. The molecule has 0 bridgehead atoms. The SMILES string of the molecule is CC(C)N1CCC(N(CCNC(=O)c2ccoc2)C2CCOCC2)CC1. The van der Waals surface area contributed by atoms with Gasteiger partial charge in [-0.05, 0) is 58.7 Å². The highest BCUT2D eigenvalue weighted by Gasteiger charge is 2.31. The van der Waals surface area contributed by atoms with Gasteiger partial charge in [-0.25, -0.2) is 0 Å². The summed E-state index contributed by atoms with van der Waals surface area (Å²) < 4.78 is 10.6. The van der Waals surface area contributed by atoms with Crippen molar-refractivity contribution >= 4 is 5.91 Å². The Kier molecular flexibility index (Phi) is 7.11. The van der Waals surface area contributed by atoms with Crippen molar-refractivity contribution in [2.75, 3.05) is 39.4 Å². The fourth-order valence-electron chi connectivity index (χ4n) is 4.21. The summed E-state index contributed by atoms with van der Waals surface area (Å²) in [5, 5.41) is 3.04. The lowest BCUT2D eigenvalue weighted by molar-refractivity contribution is 0.0000230. The van der Waals surface area contributed by atoms with Crippen LogP contribution in [0.3, 0.4) is 0 Å². The zero-order valence-corrected chi connectivity index (χ0v) is 16.2. The zero-order chi connectivity index (χ0) is 18.4. The van der Waals surface area contributed by atoms with Crippen molar-refractivity contribution in [3.63, 3.8) is 0 Å². The van der Waals surface area contributed by atoms with Gasteiger partial charge in [0.05, 0.1) is 11.8 Å². The number of nitrogens with one attached hydrogen (secondary N) is 1. The number of amides is 1. The van der Waals surface area contributed by atoms with Gasteiger partial charge in [0.2, 0.25) is 0 Å². The molecule has 1 amide bonds. The molecule has 0 unspecified atom stereocenters. The van der Waals surface area contributed by atoms with Gasteiger partial charge < -0.3 is 19.4 Å². The van der Waals surface area contributed by atoms with Crippen molar-refractivity contribution in [2.24, 2.45) is 0 Å². The molecule has 2 aliphatic heterocycles. The number of hydrogen-bond donors (Lipinski definition) is 1. The van der Waals surface area contributed by atoms with Gasteiger partial charge in [0.25, 0.3) is 5.91 Å². The highest BCUT2D eigenvalue weighted by atomic mass is 16.5. The second-order valence-corrected chi connectivity index (χ2v) is 7.71. The normalized spacial score (nSPS) is 20.8. The van der Waals surface area contributed by atoms with Crippen LogP contribution in [0.5, 0.6) is 0 Å². The molecule has 2 fully saturated rings. The van der Waals surface area contributed by atoms with Crippen LogP contribution >= 0.6 is 0 Å². The molecule has 0 spiro atoms. The number of furan rings is 1. The van der Waals surface area contributed by atoms with E-state index in [4.69, 9.17) is 9.15 Å². The Morgan fingerprint density at radius 2 is 1.92 bits per heavy atom. The lowest BCUT2D eigenvalue weighted by Gasteiger charge is -2.44. The molecule has 0 atom stereocenters. The Balaban J connectivity index is 1.54. The van der Waals surface area contributed by atoms with E-state index in [0.29, 0.717) is 30.2 Å². The molecule has 3 heterocycles. The fourth-order valence-corrected chi connectivity index (χ4v) is 4.21. The van der Waals surface area contributed by atoms with Crippen LogP contribution in [0, 0.1) is 0 Å². The minimum Gasteiger partial charge on any atom is -0.472 e. The minimum atomic E-state index is -0.0553. The van der Waals surface area contributed by atoms with Gasteiger partial charge in [-0.15, -0.1) is 0 Å². The maximum absolute atomic E-state index is 12.1. The molecule has 3 rings (SSSR count). The average molecular weight is 364 g/mol. The summed E-state index contributed by atoms with van der Waals surface area (Å²) in [6.45, 7) is 10.2. The van der Waals surface area contributed by atoms with Crippen LogP contribution in [-0.2, 0) is 4.74 Å². The number of hydrogen-bond acceptors (Lipinski definition) is 5. The highest BCUT2D eigenvalue weighted by molar-refractivity contribution is 5.93. The molecule has 1 N–H and O–H groups in total. The lowest BCUT2D eigenvalue weighted by Crippen LogP contribution is -2.53. The third kappa shape index (κ3) is 5.09. The highest BCUT2D eigenvalue weighted by Crippen LogP contribution is 2.24. The minimum absolute atomic E-state index is 0.0553. The summed E-state index contributed by atoms with van der Waals surface area (Å²) in [7, 11) is 0. The molecule has 0 aromatic carbocycles. The number of nitrogens with zero attached hydrogens (tertiary/aromatic N) is 2. The van der Waals surface area contributed by atoms with Gasteiger partial charge >= 0.3 is 0 Å². The van der Waals surface area contributed by atoms with E-state index in [9.17, 15) is 4.79 Å². The van der Waals surface area contributed by atoms with Crippen LogP contribution in [0.25, 0.3) is 0 Å². The van der Waals surface area contributed by atoms with Crippen LogP contribution in [0.15, 0.2) is 23.0 Å². The molecule has 2 saturated heterocycles. The first-order chi connectivity index (χ1) is 12.6. The Morgan fingerprint density at radius 1 is 1.23 bits per heavy atom. The zero-order valence-electron chi connectivity index (χ0n) is 16.2. The summed E-state index contributed by atoms with van der Waals surface area (Å²) in [5.41, 5.74) is 0.591. The fraction of sp³-hybridized carbons (Fsp3) is 0.750. The molecule has 6 heteroatoms. The van der Waals surface area contributed by atoms with Crippen LogP contribution in [0.2, 0.25) is 0 Å². The first kappa shape index (κ1) is 19.4. The van der Waals surface area contributed by atoms with Crippen LogP contribution in [0.1, 0.15) is 49.9 Å². The number of ether oxygens (including phenoxy) is 1. The average Bonchev–Trinajstić information content (AvgIpc) is 3.21. The number of carbonyl (C=O) groups excluding carboxylic acids is 1.